The number of aliphatic imine (C=N–C) groups is 1. The molecule has 0 saturated carbocycles. The molecular formula is C15H28N4O11. The molecule has 2 aliphatic heterocycles. The number of nitrogens with one attached hydrogen (secondary N) is 1. The SMILES string of the molecule is NC(N)=NCC(=O)NCC1OC(OC2OC(CO)C(O)C(O)C2O)C(O)C(O)C1O. The lowest BCUT2D eigenvalue weighted by atomic mass is 9.98. The fraction of sp³-hybridized carbons (Fsp3) is 0.867. The molecule has 174 valence electrons. The molecule has 0 radical (unpaired) electrons. The Labute approximate surface area is 170 Å². The molecule has 2 fully saturated rings. The highest BCUT2D eigenvalue weighted by atomic mass is 16.8. The number of nitrogens with two attached hydrogens (primary N) is 2. The van der Waals surface area contributed by atoms with E-state index in [2.05, 4.69) is 10.3 Å². The van der Waals surface area contributed by atoms with Crippen LogP contribution < -0.4 is 16.8 Å². The van der Waals surface area contributed by atoms with Crippen molar-refractivity contribution in [2.24, 2.45) is 16.5 Å². The van der Waals surface area contributed by atoms with Gasteiger partial charge < -0.3 is 66.7 Å². The zero-order valence-electron chi connectivity index (χ0n) is 15.8. The van der Waals surface area contributed by atoms with Crippen molar-refractivity contribution in [2.75, 3.05) is 19.7 Å². The summed E-state index contributed by atoms with van der Waals surface area (Å²) in [7, 11) is 0. The van der Waals surface area contributed by atoms with Crippen LogP contribution in [0.25, 0.3) is 0 Å². The van der Waals surface area contributed by atoms with Crippen LogP contribution in [0, 0.1) is 0 Å². The monoisotopic (exact) mass is 440 g/mol. The summed E-state index contributed by atoms with van der Waals surface area (Å²) in [6.45, 7) is -1.41. The van der Waals surface area contributed by atoms with Gasteiger partial charge in [-0.25, -0.2) is 4.99 Å². The Kier molecular flexibility index (Phi) is 8.68. The topological polar surface area (TPSA) is 263 Å². The third-order valence-electron chi connectivity index (χ3n) is 4.69. The Bertz CT molecular complexity index is 605. The Hall–Kier alpha value is -1.66. The van der Waals surface area contributed by atoms with Crippen LogP contribution in [0.1, 0.15) is 0 Å². The predicted octanol–water partition coefficient (Wildman–Crippen LogP) is -7.00. The summed E-state index contributed by atoms with van der Waals surface area (Å²) in [6, 6.07) is 0. The molecule has 15 heteroatoms. The van der Waals surface area contributed by atoms with E-state index in [1.165, 1.54) is 0 Å². The minimum Gasteiger partial charge on any atom is -0.394 e. The fourth-order valence-corrected chi connectivity index (χ4v) is 2.94. The van der Waals surface area contributed by atoms with E-state index in [-0.39, 0.29) is 19.0 Å². The number of guanidine groups is 1. The lowest BCUT2D eigenvalue weighted by Crippen LogP contribution is -2.64. The maximum Gasteiger partial charge on any atom is 0.241 e. The number of hydrogen-bond donors (Lipinski definition) is 10. The van der Waals surface area contributed by atoms with E-state index in [1.807, 2.05) is 0 Å². The third kappa shape index (κ3) is 5.73. The number of hydrogen-bond acceptors (Lipinski definition) is 12. The van der Waals surface area contributed by atoms with Crippen LogP contribution in [0.15, 0.2) is 4.99 Å². The van der Waals surface area contributed by atoms with E-state index in [0.717, 1.165) is 0 Å². The second-order valence-corrected chi connectivity index (χ2v) is 6.89. The molecule has 0 aromatic carbocycles. The first-order valence-electron chi connectivity index (χ1n) is 9.04. The number of nitrogens with zero attached hydrogens (tertiary/aromatic N) is 1. The van der Waals surface area contributed by atoms with Gasteiger partial charge in [-0.2, -0.15) is 0 Å². The molecule has 2 rings (SSSR count). The Morgan fingerprint density at radius 1 is 0.867 bits per heavy atom. The Morgan fingerprint density at radius 2 is 1.37 bits per heavy atom. The normalized spacial score (nSPS) is 41.8. The third-order valence-corrected chi connectivity index (χ3v) is 4.69. The summed E-state index contributed by atoms with van der Waals surface area (Å²) in [5, 5.41) is 71.4. The standard InChI is InChI=1S/C15H28N4O11/c16-15(17)19-2-6(21)18-1-4-7(22)9(24)11(26)13(28-4)30-14-12(27)10(25)8(23)5(3-20)29-14/h4-5,7-14,20,22-27H,1-3H2,(H,18,21)(H4,16,17,19). The molecule has 15 nitrogen and oxygen atoms in total. The van der Waals surface area contributed by atoms with Gasteiger partial charge >= 0.3 is 0 Å². The van der Waals surface area contributed by atoms with Crippen LogP contribution in [0.3, 0.4) is 0 Å². The van der Waals surface area contributed by atoms with Gasteiger partial charge in [0.2, 0.25) is 5.91 Å². The van der Waals surface area contributed by atoms with Gasteiger partial charge in [-0.05, 0) is 0 Å². The van der Waals surface area contributed by atoms with Crippen LogP contribution in [0.2, 0.25) is 0 Å². The highest BCUT2D eigenvalue weighted by Crippen LogP contribution is 2.27. The number of amides is 1. The van der Waals surface area contributed by atoms with Gasteiger partial charge in [0.15, 0.2) is 18.5 Å². The van der Waals surface area contributed by atoms with Gasteiger partial charge in [0.25, 0.3) is 0 Å². The van der Waals surface area contributed by atoms with Crippen LogP contribution in [0.5, 0.6) is 0 Å². The largest absolute Gasteiger partial charge is 0.394 e. The van der Waals surface area contributed by atoms with Crippen molar-refractivity contribution in [3.05, 3.63) is 0 Å². The van der Waals surface area contributed by atoms with Crippen molar-refractivity contribution < 1.29 is 54.8 Å². The van der Waals surface area contributed by atoms with Crippen LogP contribution in [-0.4, -0.2) is 129 Å². The van der Waals surface area contributed by atoms with Crippen molar-refractivity contribution in [2.45, 2.75) is 61.4 Å². The first kappa shape index (κ1) is 24.6. The van der Waals surface area contributed by atoms with Crippen LogP contribution in [-0.2, 0) is 19.0 Å². The highest BCUT2D eigenvalue weighted by Gasteiger charge is 2.49. The first-order chi connectivity index (χ1) is 14.1. The van der Waals surface area contributed by atoms with E-state index >= 15 is 0 Å². The smallest absolute Gasteiger partial charge is 0.241 e. The minimum atomic E-state index is -1.79. The van der Waals surface area contributed by atoms with Crippen molar-refractivity contribution in [3.63, 3.8) is 0 Å². The molecule has 2 heterocycles. The van der Waals surface area contributed by atoms with Crippen molar-refractivity contribution in [1.82, 2.24) is 5.32 Å². The molecule has 0 bridgehead atoms. The lowest BCUT2D eigenvalue weighted by Gasteiger charge is -2.44. The predicted molar refractivity (Wildman–Crippen MR) is 95.2 cm³/mol. The maximum atomic E-state index is 11.7. The number of ether oxygens (including phenoxy) is 3. The lowest BCUT2D eigenvalue weighted by molar-refractivity contribution is -0.374. The Morgan fingerprint density at radius 3 is 1.87 bits per heavy atom. The van der Waals surface area contributed by atoms with E-state index in [4.69, 9.17) is 25.7 Å². The molecule has 10 unspecified atom stereocenters. The molecular weight excluding hydrogens is 412 g/mol. The van der Waals surface area contributed by atoms with E-state index in [1.54, 1.807) is 0 Å². The molecule has 30 heavy (non-hydrogen) atoms. The summed E-state index contributed by atoms with van der Waals surface area (Å²) in [5.74, 6) is -0.920. The molecule has 0 spiro atoms. The van der Waals surface area contributed by atoms with Gasteiger partial charge in [0.05, 0.1) is 6.61 Å². The molecule has 0 aromatic rings. The van der Waals surface area contributed by atoms with Gasteiger partial charge in [-0.3, -0.25) is 4.79 Å². The molecule has 0 aromatic heterocycles. The van der Waals surface area contributed by atoms with Gasteiger partial charge in [-0.1, -0.05) is 0 Å². The number of carbonyl (C=O) groups excluding carboxylic acids is 1. The molecule has 2 aliphatic rings. The summed E-state index contributed by atoms with van der Waals surface area (Å²) >= 11 is 0. The average molecular weight is 440 g/mol. The van der Waals surface area contributed by atoms with Crippen LogP contribution >= 0.6 is 0 Å². The number of aliphatic hydroxyl groups excluding tert-OH is 7. The highest BCUT2D eigenvalue weighted by molar-refractivity contribution is 5.83. The fourth-order valence-electron chi connectivity index (χ4n) is 2.94. The second-order valence-electron chi connectivity index (χ2n) is 6.89. The zero-order valence-corrected chi connectivity index (χ0v) is 15.8. The molecule has 12 N–H and O–H groups in total. The van der Waals surface area contributed by atoms with E-state index in [0.29, 0.717) is 0 Å². The molecule has 1 amide bonds. The molecule has 0 aliphatic carbocycles. The Balaban J connectivity index is 2.01. The quantitative estimate of drug-likeness (QED) is 0.130. The van der Waals surface area contributed by atoms with Gasteiger partial charge in [0.1, 0.15) is 55.4 Å². The van der Waals surface area contributed by atoms with Crippen LogP contribution in [0.4, 0.5) is 0 Å². The average Bonchev–Trinajstić information content (AvgIpc) is 2.71. The zero-order chi connectivity index (χ0) is 22.6. The summed E-state index contributed by atoms with van der Waals surface area (Å²) < 4.78 is 15.8. The second kappa shape index (κ2) is 10.6. The van der Waals surface area contributed by atoms with Gasteiger partial charge in [-0.15, -0.1) is 0 Å². The number of aliphatic hydroxyl groups is 7. The molecule has 10 atom stereocenters. The summed E-state index contributed by atoms with van der Waals surface area (Å²) in [5.41, 5.74) is 10.2. The van der Waals surface area contributed by atoms with Crippen molar-refractivity contribution in [3.8, 4) is 0 Å². The van der Waals surface area contributed by atoms with Crippen molar-refractivity contribution >= 4 is 11.9 Å². The van der Waals surface area contributed by atoms with E-state index in [9.17, 15) is 40.5 Å². The molecule has 2 saturated heterocycles. The maximum absolute atomic E-state index is 11.7. The summed E-state index contributed by atoms with van der Waals surface area (Å²) in [6.07, 6.45) is -16.1. The van der Waals surface area contributed by atoms with E-state index < -0.39 is 73.9 Å². The summed E-state index contributed by atoms with van der Waals surface area (Å²) in [4.78, 5) is 15.2. The number of carbonyl (C=O) groups is 1. The van der Waals surface area contributed by atoms with Gasteiger partial charge in [0, 0.05) is 6.54 Å². The minimum absolute atomic E-state index is 0.300. The van der Waals surface area contributed by atoms with Crippen molar-refractivity contribution in [1.29, 1.82) is 0 Å². The first-order valence-corrected chi connectivity index (χ1v) is 9.04. The number of rotatable bonds is 7.